The molecule has 0 saturated heterocycles. The number of aromatic amines is 1. The van der Waals surface area contributed by atoms with Gasteiger partial charge in [-0.3, -0.25) is 4.79 Å². The first kappa shape index (κ1) is 20.6. The second kappa shape index (κ2) is 7.39. The normalized spacial score (nSPS) is 20.2. The number of alkyl halides is 3. The Bertz CT molecular complexity index is 1230. The van der Waals surface area contributed by atoms with E-state index in [1.807, 2.05) is 6.07 Å². The van der Waals surface area contributed by atoms with Crippen molar-refractivity contribution < 1.29 is 27.5 Å². The molecule has 2 atom stereocenters. The van der Waals surface area contributed by atoms with Gasteiger partial charge in [-0.25, -0.2) is 4.79 Å². The van der Waals surface area contributed by atoms with Gasteiger partial charge in [0.25, 0.3) is 0 Å². The highest BCUT2D eigenvalue weighted by Crippen LogP contribution is 2.49. The summed E-state index contributed by atoms with van der Waals surface area (Å²) in [6.45, 7) is 0.957. The number of esters is 1. The lowest BCUT2D eigenvalue weighted by Gasteiger charge is -2.27. The Kier molecular flexibility index (Phi) is 4.76. The molecule has 166 valence electrons. The molecule has 1 aliphatic carbocycles. The third-order valence-corrected chi connectivity index (χ3v) is 6.46. The fraction of sp³-hybridized carbons (Fsp3) is 0.333. The summed E-state index contributed by atoms with van der Waals surface area (Å²) in [7, 11) is 1.33. The van der Waals surface area contributed by atoms with E-state index in [-0.39, 0.29) is 17.7 Å². The molecule has 2 aliphatic rings. The maximum atomic E-state index is 13.1. The van der Waals surface area contributed by atoms with Crippen LogP contribution in [0.2, 0.25) is 0 Å². The molecule has 1 N–H and O–H groups in total. The number of fused-ring (bicyclic) bond motifs is 3. The molecule has 1 aliphatic heterocycles. The van der Waals surface area contributed by atoms with Crippen molar-refractivity contribution in [3.8, 4) is 0 Å². The SMILES string of the molecule is COC(=O)c1ccc2[nH]c3c(c2c1)CN(C(=O)C1CC1c1cccc(C(F)(F)F)c1)CC3. The van der Waals surface area contributed by atoms with Gasteiger partial charge in [-0.05, 0) is 42.2 Å². The smallest absolute Gasteiger partial charge is 0.416 e. The highest BCUT2D eigenvalue weighted by atomic mass is 19.4. The fourth-order valence-electron chi connectivity index (χ4n) is 4.66. The minimum absolute atomic E-state index is 0.0310. The zero-order valence-corrected chi connectivity index (χ0v) is 17.3. The van der Waals surface area contributed by atoms with Crippen LogP contribution in [0.5, 0.6) is 0 Å². The van der Waals surface area contributed by atoms with Gasteiger partial charge < -0.3 is 14.6 Å². The summed E-state index contributed by atoms with van der Waals surface area (Å²) < 4.78 is 43.9. The number of ether oxygens (including phenoxy) is 1. The minimum atomic E-state index is -4.40. The Balaban J connectivity index is 1.35. The molecule has 3 aromatic rings. The number of hydrogen-bond acceptors (Lipinski definition) is 3. The van der Waals surface area contributed by atoms with Crippen molar-refractivity contribution in [2.24, 2.45) is 5.92 Å². The van der Waals surface area contributed by atoms with E-state index in [4.69, 9.17) is 4.74 Å². The Morgan fingerprint density at radius 1 is 1.16 bits per heavy atom. The Morgan fingerprint density at radius 2 is 1.97 bits per heavy atom. The minimum Gasteiger partial charge on any atom is -0.465 e. The fourth-order valence-corrected chi connectivity index (χ4v) is 4.66. The number of amides is 1. The molecule has 32 heavy (non-hydrogen) atoms. The number of hydrogen-bond donors (Lipinski definition) is 1. The van der Waals surface area contributed by atoms with Crippen LogP contribution < -0.4 is 0 Å². The molecule has 0 radical (unpaired) electrons. The molecule has 1 amide bonds. The standard InChI is InChI=1S/C24H21F3N2O3/c1-32-23(31)14-5-6-20-17(10-14)19-12-29(8-7-21(19)28-20)22(30)18-11-16(18)13-3-2-4-15(9-13)24(25,26)27/h2-6,9-10,16,18,28H,7-8,11-12H2,1H3. The predicted molar refractivity (Wildman–Crippen MR) is 111 cm³/mol. The summed E-state index contributed by atoms with van der Waals surface area (Å²) in [5.41, 5.74) is 3.22. The second-order valence-corrected chi connectivity index (χ2v) is 8.42. The average Bonchev–Trinajstić information content (AvgIpc) is 3.51. The number of H-pyrrole nitrogens is 1. The topological polar surface area (TPSA) is 62.4 Å². The molecule has 2 unspecified atom stereocenters. The summed E-state index contributed by atoms with van der Waals surface area (Å²) in [5.74, 6) is -0.931. The van der Waals surface area contributed by atoms with E-state index in [0.29, 0.717) is 37.1 Å². The molecule has 2 aromatic carbocycles. The Hall–Kier alpha value is -3.29. The van der Waals surface area contributed by atoms with Gasteiger partial charge in [0.15, 0.2) is 0 Å². The Labute approximate surface area is 182 Å². The van der Waals surface area contributed by atoms with E-state index in [9.17, 15) is 22.8 Å². The molecule has 8 heteroatoms. The zero-order valence-electron chi connectivity index (χ0n) is 17.3. The molecule has 1 fully saturated rings. The largest absolute Gasteiger partial charge is 0.465 e. The molecule has 5 rings (SSSR count). The quantitative estimate of drug-likeness (QED) is 0.600. The summed E-state index contributed by atoms with van der Waals surface area (Å²) in [4.78, 5) is 30.2. The van der Waals surface area contributed by atoms with Crippen molar-refractivity contribution in [2.75, 3.05) is 13.7 Å². The zero-order chi connectivity index (χ0) is 22.6. The van der Waals surface area contributed by atoms with Crippen molar-refractivity contribution in [1.29, 1.82) is 0 Å². The molecule has 1 aromatic heterocycles. The van der Waals surface area contributed by atoms with Gasteiger partial charge in [0.1, 0.15) is 0 Å². The third kappa shape index (κ3) is 3.53. The molecular formula is C24H21F3N2O3. The van der Waals surface area contributed by atoms with Crippen molar-refractivity contribution >= 4 is 22.8 Å². The molecule has 1 saturated carbocycles. The molecule has 0 spiro atoms. The Morgan fingerprint density at radius 3 is 2.72 bits per heavy atom. The lowest BCUT2D eigenvalue weighted by atomic mass is 10.0. The van der Waals surface area contributed by atoms with E-state index in [2.05, 4.69) is 4.98 Å². The van der Waals surface area contributed by atoms with Crippen LogP contribution in [0, 0.1) is 5.92 Å². The molecular weight excluding hydrogens is 421 g/mol. The van der Waals surface area contributed by atoms with Gasteiger partial charge in [0.05, 0.1) is 18.2 Å². The number of nitrogens with one attached hydrogen (secondary N) is 1. The summed E-state index contributed by atoms with van der Waals surface area (Å²) in [6, 6.07) is 10.6. The van der Waals surface area contributed by atoms with E-state index in [1.165, 1.54) is 13.2 Å². The highest BCUT2D eigenvalue weighted by Gasteiger charge is 2.47. The number of nitrogens with zero attached hydrogens (tertiary/aromatic N) is 1. The highest BCUT2D eigenvalue weighted by molar-refractivity contribution is 5.96. The van der Waals surface area contributed by atoms with Crippen LogP contribution in [-0.4, -0.2) is 35.4 Å². The van der Waals surface area contributed by atoms with Gasteiger partial charge in [0, 0.05) is 47.6 Å². The summed E-state index contributed by atoms with van der Waals surface area (Å²) >= 11 is 0. The van der Waals surface area contributed by atoms with Gasteiger partial charge in [-0.1, -0.05) is 18.2 Å². The number of carbonyl (C=O) groups excluding carboxylic acids is 2. The molecule has 2 heterocycles. The first-order valence-corrected chi connectivity index (χ1v) is 10.4. The first-order valence-electron chi connectivity index (χ1n) is 10.4. The lowest BCUT2D eigenvalue weighted by Crippen LogP contribution is -2.37. The van der Waals surface area contributed by atoms with Crippen LogP contribution in [0.25, 0.3) is 10.9 Å². The van der Waals surface area contributed by atoms with Gasteiger partial charge in [0.2, 0.25) is 5.91 Å². The van der Waals surface area contributed by atoms with Crippen LogP contribution in [0.15, 0.2) is 42.5 Å². The first-order chi connectivity index (χ1) is 15.3. The van der Waals surface area contributed by atoms with Crippen molar-refractivity contribution in [3.63, 3.8) is 0 Å². The van der Waals surface area contributed by atoms with E-state index in [1.54, 1.807) is 23.1 Å². The predicted octanol–water partition coefficient (Wildman–Crippen LogP) is 4.66. The maximum absolute atomic E-state index is 13.1. The lowest BCUT2D eigenvalue weighted by molar-refractivity contribution is -0.137. The van der Waals surface area contributed by atoms with Crippen LogP contribution in [0.1, 0.15) is 45.1 Å². The number of aromatic nitrogens is 1. The maximum Gasteiger partial charge on any atom is 0.416 e. The van der Waals surface area contributed by atoms with Crippen molar-refractivity contribution in [2.45, 2.75) is 31.5 Å². The van der Waals surface area contributed by atoms with Crippen LogP contribution in [0.4, 0.5) is 13.2 Å². The number of carbonyl (C=O) groups is 2. The monoisotopic (exact) mass is 442 g/mol. The number of benzene rings is 2. The third-order valence-electron chi connectivity index (χ3n) is 6.46. The van der Waals surface area contributed by atoms with E-state index < -0.39 is 17.7 Å². The number of methoxy groups -OCH3 is 1. The van der Waals surface area contributed by atoms with Crippen molar-refractivity contribution in [3.05, 3.63) is 70.4 Å². The number of rotatable bonds is 3. The van der Waals surface area contributed by atoms with Crippen molar-refractivity contribution in [1.82, 2.24) is 9.88 Å². The molecule has 0 bridgehead atoms. The van der Waals surface area contributed by atoms with Crippen LogP contribution >= 0.6 is 0 Å². The summed E-state index contributed by atoms with van der Waals surface area (Å²) in [6.07, 6.45) is -3.18. The van der Waals surface area contributed by atoms with Gasteiger partial charge in [-0.15, -0.1) is 0 Å². The van der Waals surface area contributed by atoms with Crippen LogP contribution in [-0.2, 0) is 28.7 Å². The average molecular weight is 442 g/mol. The number of halogens is 3. The van der Waals surface area contributed by atoms with Crippen LogP contribution in [0.3, 0.4) is 0 Å². The summed E-state index contributed by atoms with van der Waals surface area (Å²) in [5, 5.41) is 0.880. The second-order valence-electron chi connectivity index (χ2n) is 8.42. The van der Waals surface area contributed by atoms with E-state index in [0.717, 1.165) is 34.3 Å². The van der Waals surface area contributed by atoms with Gasteiger partial charge in [-0.2, -0.15) is 13.2 Å². The van der Waals surface area contributed by atoms with Gasteiger partial charge >= 0.3 is 12.1 Å². The molecule has 5 nitrogen and oxygen atoms in total. The van der Waals surface area contributed by atoms with E-state index >= 15 is 0 Å².